The van der Waals surface area contributed by atoms with Gasteiger partial charge in [-0.2, -0.15) is 13.2 Å². The normalized spacial score (nSPS) is 13.2. The molecular weight excluding hydrogens is 205 g/mol. The zero-order chi connectivity index (χ0) is 11.2. The summed E-state index contributed by atoms with van der Waals surface area (Å²) in [5.74, 6) is -2.10. The summed E-state index contributed by atoms with van der Waals surface area (Å²) in [6, 6.07) is 0. The molecule has 5 nitrogen and oxygen atoms in total. The number of amidine groups is 1. The molecule has 0 amide bonds. The van der Waals surface area contributed by atoms with Gasteiger partial charge in [0.15, 0.2) is 0 Å². The highest BCUT2D eigenvalue weighted by Gasteiger charge is 2.29. The van der Waals surface area contributed by atoms with E-state index in [4.69, 9.17) is 10.8 Å². The summed E-state index contributed by atoms with van der Waals surface area (Å²) in [6.07, 6.45) is -4.71. The van der Waals surface area contributed by atoms with Crippen LogP contribution < -0.4 is 5.73 Å². The van der Waals surface area contributed by atoms with Crippen LogP contribution in [0.3, 0.4) is 0 Å². The molecule has 80 valence electrons. The molecule has 3 N–H and O–H groups in total. The van der Waals surface area contributed by atoms with Gasteiger partial charge in [-0.05, 0) is 0 Å². The SMILES string of the molecule is NC(CC(F)(F)F)=NOC=CC(=O)O. The first kappa shape index (κ1) is 12.3. The van der Waals surface area contributed by atoms with E-state index >= 15 is 0 Å². The van der Waals surface area contributed by atoms with Crippen molar-refractivity contribution in [3.05, 3.63) is 12.3 Å². The van der Waals surface area contributed by atoms with Crippen molar-refractivity contribution in [2.45, 2.75) is 12.6 Å². The number of hydrogen-bond acceptors (Lipinski definition) is 3. The van der Waals surface area contributed by atoms with Crippen LogP contribution in [0.5, 0.6) is 0 Å². The van der Waals surface area contributed by atoms with E-state index in [0.29, 0.717) is 12.3 Å². The molecule has 0 aromatic carbocycles. The fraction of sp³-hybridized carbons (Fsp3) is 0.333. The molecule has 0 aliphatic heterocycles. The van der Waals surface area contributed by atoms with Crippen LogP contribution in [0.25, 0.3) is 0 Å². The highest BCUT2D eigenvalue weighted by atomic mass is 19.4. The third-order valence-electron chi connectivity index (χ3n) is 0.823. The predicted molar refractivity (Wildman–Crippen MR) is 40.2 cm³/mol. The number of carboxylic acid groups (broad SMARTS) is 1. The van der Waals surface area contributed by atoms with Crippen LogP contribution in [0, 0.1) is 0 Å². The van der Waals surface area contributed by atoms with Gasteiger partial charge in [0.05, 0.1) is 6.08 Å². The lowest BCUT2D eigenvalue weighted by molar-refractivity contribution is -0.131. The lowest BCUT2D eigenvalue weighted by Crippen LogP contribution is -2.21. The van der Waals surface area contributed by atoms with Gasteiger partial charge in [0, 0.05) is 0 Å². The molecule has 0 aromatic rings. The Hall–Kier alpha value is -1.73. The van der Waals surface area contributed by atoms with E-state index in [0.717, 1.165) is 0 Å². The third kappa shape index (κ3) is 8.37. The Balaban J connectivity index is 3.95. The van der Waals surface area contributed by atoms with Crippen LogP contribution in [0.1, 0.15) is 6.42 Å². The number of oxime groups is 1. The van der Waals surface area contributed by atoms with Crippen molar-refractivity contribution in [2.24, 2.45) is 10.9 Å². The summed E-state index contributed by atoms with van der Waals surface area (Å²) in [5.41, 5.74) is 4.80. The number of rotatable bonds is 4. The molecule has 0 heterocycles. The van der Waals surface area contributed by atoms with E-state index in [2.05, 4.69) is 9.99 Å². The maximum absolute atomic E-state index is 11.6. The van der Waals surface area contributed by atoms with Gasteiger partial charge < -0.3 is 15.7 Å². The quantitative estimate of drug-likeness (QED) is 0.237. The summed E-state index contributed by atoms with van der Waals surface area (Å²) in [5, 5.41) is 10.8. The van der Waals surface area contributed by atoms with Crippen molar-refractivity contribution in [1.29, 1.82) is 0 Å². The Labute approximate surface area is 76.6 Å². The number of halogens is 3. The number of hydrogen-bond donors (Lipinski definition) is 2. The Bertz CT molecular complexity index is 260. The summed E-state index contributed by atoms with van der Waals surface area (Å²) in [7, 11) is 0. The molecule has 0 bridgehead atoms. The largest absolute Gasteiger partial charge is 0.478 e. The minimum Gasteiger partial charge on any atom is -0.478 e. The van der Waals surface area contributed by atoms with Gasteiger partial charge in [0.25, 0.3) is 0 Å². The number of aliphatic carboxylic acids is 1. The fourth-order valence-corrected chi connectivity index (χ4v) is 0.424. The zero-order valence-electron chi connectivity index (χ0n) is 6.78. The Morgan fingerprint density at radius 1 is 1.57 bits per heavy atom. The average molecular weight is 212 g/mol. The average Bonchev–Trinajstić information content (AvgIpc) is 1.94. The predicted octanol–water partition coefficient (Wildman–Crippen LogP) is 0.826. The third-order valence-corrected chi connectivity index (χ3v) is 0.823. The monoisotopic (exact) mass is 212 g/mol. The lowest BCUT2D eigenvalue weighted by Gasteiger charge is -2.03. The molecule has 8 heteroatoms. The molecule has 0 spiro atoms. The van der Waals surface area contributed by atoms with Gasteiger partial charge in [0.1, 0.15) is 18.5 Å². The van der Waals surface area contributed by atoms with Gasteiger partial charge >= 0.3 is 12.1 Å². The second-order valence-corrected chi connectivity index (χ2v) is 2.12. The summed E-state index contributed by atoms with van der Waals surface area (Å²) >= 11 is 0. The smallest absolute Gasteiger partial charge is 0.396 e. The van der Waals surface area contributed by atoms with Gasteiger partial charge in [-0.25, -0.2) is 4.79 Å². The lowest BCUT2D eigenvalue weighted by atomic mass is 10.4. The first-order valence-corrected chi connectivity index (χ1v) is 3.25. The molecule has 0 aliphatic carbocycles. The van der Waals surface area contributed by atoms with Crippen molar-refractivity contribution in [1.82, 2.24) is 0 Å². The van der Waals surface area contributed by atoms with Crippen molar-refractivity contribution >= 4 is 11.8 Å². The molecule has 0 aromatic heterocycles. The molecule has 0 fully saturated rings. The fourth-order valence-electron chi connectivity index (χ4n) is 0.424. The van der Waals surface area contributed by atoms with Crippen LogP contribution in [0.15, 0.2) is 17.5 Å². The maximum atomic E-state index is 11.6. The number of carbonyl (C=O) groups is 1. The molecule has 0 rings (SSSR count). The van der Waals surface area contributed by atoms with Crippen LogP contribution in [0.2, 0.25) is 0 Å². The second kappa shape index (κ2) is 5.10. The van der Waals surface area contributed by atoms with Gasteiger partial charge in [0.2, 0.25) is 0 Å². The van der Waals surface area contributed by atoms with Crippen molar-refractivity contribution in [3.63, 3.8) is 0 Å². The number of nitrogens with two attached hydrogens (primary N) is 1. The van der Waals surface area contributed by atoms with Gasteiger partial charge in [-0.15, -0.1) is 0 Å². The molecule has 0 unspecified atom stereocenters. The molecule has 0 atom stereocenters. The molecule has 14 heavy (non-hydrogen) atoms. The molecule has 0 saturated heterocycles. The molecular formula is C6H7F3N2O3. The van der Waals surface area contributed by atoms with Crippen molar-refractivity contribution in [2.75, 3.05) is 0 Å². The van der Waals surface area contributed by atoms with E-state index in [1.807, 2.05) is 0 Å². The summed E-state index contributed by atoms with van der Waals surface area (Å²) in [4.78, 5) is 13.9. The Morgan fingerprint density at radius 3 is 2.57 bits per heavy atom. The summed E-state index contributed by atoms with van der Waals surface area (Å²) in [6.45, 7) is 0. The number of alkyl halides is 3. The van der Waals surface area contributed by atoms with E-state index in [-0.39, 0.29) is 0 Å². The van der Waals surface area contributed by atoms with E-state index in [1.165, 1.54) is 0 Å². The van der Waals surface area contributed by atoms with E-state index in [9.17, 15) is 18.0 Å². The maximum Gasteiger partial charge on any atom is 0.396 e. The first-order chi connectivity index (χ1) is 6.31. The minimum atomic E-state index is -4.46. The Kier molecular flexibility index (Phi) is 4.47. The minimum absolute atomic E-state index is 0.560. The van der Waals surface area contributed by atoms with Crippen molar-refractivity contribution < 1.29 is 27.9 Å². The van der Waals surface area contributed by atoms with Crippen LogP contribution in [-0.2, 0) is 9.63 Å². The molecule has 0 saturated carbocycles. The van der Waals surface area contributed by atoms with E-state index in [1.54, 1.807) is 0 Å². The number of nitrogens with zero attached hydrogens (tertiary/aromatic N) is 1. The van der Waals surface area contributed by atoms with Gasteiger partial charge in [-0.3, -0.25) is 0 Å². The Morgan fingerprint density at radius 2 is 2.14 bits per heavy atom. The molecule has 0 radical (unpaired) electrons. The topological polar surface area (TPSA) is 84.9 Å². The standard InChI is InChI=1S/C6H7F3N2O3/c7-6(8,9)3-4(10)11-14-2-1-5(12)13/h1-2H,3H2,(H2,10,11)(H,12,13). The molecule has 0 aliphatic rings. The first-order valence-electron chi connectivity index (χ1n) is 3.25. The van der Waals surface area contributed by atoms with E-state index < -0.39 is 24.4 Å². The van der Waals surface area contributed by atoms with Crippen molar-refractivity contribution in [3.8, 4) is 0 Å². The summed E-state index contributed by atoms with van der Waals surface area (Å²) < 4.78 is 34.8. The van der Waals surface area contributed by atoms with Gasteiger partial charge in [-0.1, -0.05) is 5.16 Å². The van der Waals surface area contributed by atoms with Crippen LogP contribution >= 0.6 is 0 Å². The zero-order valence-corrected chi connectivity index (χ0v) is 6.78. The number of carboxylic acids is 1. The van der Waals surface area contributed by atoms with Crippen LogP contribution in [0.4, 0.5) is 13.2 Å². The van der Waals surface area contributed by atoms with Crippen LogP contribution in [-0.4, -0.2) is 23.1 Å². The highest BCUT2D eigenvalue weighted by Crippen LogP contribution is 2.18. The second-order valence-electron chi connectivity index (χ2n) is 2.12. The highest BCUT2D eigenvalue weighted by molar-refractivity contribution is 5.80.